The second-order valence-electron chi connectivity index (χ2n) is 5.27. The fraction of sp³-hybridized carbons (Fsp3) is 0.467. The minimum Gasteiger partial charge on any atom is -0.481 e. The molecule has 0 aromatic heterocycles. The highest BCUT2D eigenvalue weighted by Crippen LogP contribution is 2.33. The Morgan fingerprint density at radius 2 is 1.95 bits per heavy atom. The molecular weight excluding hydrogens is 258 g/mol. The van der Waals surface area contributed by atoms with Gasteiger partial charge in [-0.05, 0) is 25.0 Å². The van der Waals surface area contributed by atoms with Gasteiger partial charge in [0.25, 0.3) is 0 Å². The highest BCUT2D eigenvalue weighted by molar-refractivity contribution is 6.13. The average molecular weight is 275 g/mol. The summed E-state index contributed by atoms with van der Waals surface area (Å²) in [5, 5.41) is 9.28. The number of fused-ring (bicyclic) bond motifs is 1. The number of carboxylic acids is 1. The van der Waals surface area contributed by atoms with Gasteiger partial charge in [0.1, 0.15) is 5.92 Å². The van der Waals surface area contributed by atoms with Gasteiger partial charge in [0, 0.05) is 37.1 Å². The summed E-state index contributed by atoms with van der Waals surface area (Å²) in [6.07, 6.45) is 1.74. The van der Waals surface area contributed by atoms with Gasteiger partial charge in [-0.25, -0.2) is 0 Å². The van der Waals surface area contributed by atoms with E-state index in [2.05, 4.69) is 4.90 Å². The van der Waals surface area contributed by atoms with E-state index in [0.717, 1.165) is 18.5 Å². The molecule has 106 valence electrons. The van der Waals surface area contributed by atoms with E-state index in [1.54, 1.807) is 12.1 Å². The van der Waals surface area contributed by atoms with Crippen LogP contribution in [0.1, 0.15) is 23.2 Å². The zero-order valence-corrected chi connectivity index (χ0v) is 11.1. The molecule has 0 radical (unpaired) electrons. The Bertz CT molecular complexity index is 536. The van der Waals surface area contributed by atoms with Crippen LogP contribution < -0.4 is 4.90 Å². The molecule has 2 aliphatic rings. The monoisotopic (exact) mass is 275 g/mol. The van der Waals surface area contributed by atoms with Gasteiger partial charge < -0.3 is 14.7 Å². The third-order valence-electron chi connectivity index (χ3n) is 4.10. The molecule has 1 N–H and O–H groups in total. The molecule has 1 saturated heterocycles. The minimum absolute atomic E-state index is 0.250. The van der Waals surface area contributed by atoms with Crippen LogP contribution in [-0.2, 0) is 9.53 Å². The molecule has 0 saturated carbocycles. The molecule has 5 heteroatoms. The van der Waals surface area contributed by atoms with Gasteiger partial charge in [-0.15, -0.1) is 0 Å². The van der Waals surface area contributed by atoms with Crippen molar-refractivity contribution in [1.29, 1.82) is 0 Å². The Kier molecular flexibility index (Phi) is 3.44. The maximum Gasteiger partial charge on any atom is 0.316 e. The van der Waals surface area contributed by atoms with E-state index in [9.17, 15) is 14.7 Å². The van der Waals surface area contributed by atoms with Crippen LogP contribution in [0.5, 0.6) is 0 Å². The van der Waals surface area contributed by atoms with Crippen molar-refractivity contribution < 1.29 is 19.4 Å². The van der Waals surface area contributed by atoms with Gasteiger partial charge in [-0.1, -0.05) is 12.1 Å². The van der Waals surface area contributed by atoms with E-state index in [4.69, 9.17) is 4.74 Å². The fourth-order valence-electron chi connectivity index (χ4n) is 3.03. The number of nitrogens with zero attached hydrogens (tertiary/aromatic N) is 1. The number of carboxylic acid groups (broad SMARTS) is 1. The molecule has 3 rings (SSSR count). The van der Waals surface area contributed by atoms with E-state index >= 15 is 0 Å². The number of Topliss-reactive ketones (excluding diaryl/α,β-unsaturated/α-hetero) is 1. The molecule has 1 fully saturated rings. The van der Waals surface area contributed by atoms with Crippen molar-refractivity contribution >= 4 is 17.4 Å². The lowest BCUT2D eigenvalue weighted by Crippen LogP contribution is -2.49. The predicted octanol–water partition coefficient (Wildman–Crippen LogP) is 1.57. The highest BCUT2D eigenvalue weighted by Gasteiger charge is 2.38. The van der Waals surface area contributed by atoms with Crippen LogP contribution in [-0.4, -0.2) is 42.7 Å². The number of carbonyl (C=O) groups excluding carboxylic acids is 1. The Labute approximate surface area is 117 Å². The SMILES string of the molecule is O=C(O)C1CN(C2CCOCC2)c2ccccc2C1=O. The van der Waals surface area contributed by atoms with Crippen LogP contribution in [0.15, 0.2) is 24.3 Å². The number of ketones is 1. The van der Waals surface area contributed by atoms with Crippen molar-refractivity contribution in [1.82, 2.24) is 0 Å². The number of benzene rings is 1. The summed E-state index contributed by atoms with van der Waals surface area (Å²) in [5.74, 6) is -2.29. The van der Waals surface area contributed by atoms with Gasteiger partial charge in [0.05, 0.1) is 0 Å². The first-order chi connectivity index (χ1) is 9.68. The van der Waals surface area contributed by atoms with E-state index < -0.39 is 11.9 Å². The van der Waals surface area contributed by atoms with Crippen molar-refractivity contribution in [3.05, 3.63) is 29.8 Å². The smallest absolute Gasteiger partial charge is 0.316 e. The summed E-state index contributed by atoms with van der Waals surface area (Å²) in [6.45, 7) is 1.64. The Morgan fingerprint density at radius 3 is 2.65 bits per heavy atom. The third-order valence-corrected chi connectivity index (χ3v) is 4.10. The van der Waals surface area contributed by atoms with Crippen LogP contribution in [0.4, 0.5) is 5.69 Å². The third kappa shape index (κ3) is 2.18. The van der Waals surface area contributed by atoms with Crippen molar-refractivity contribution in [3.63, 3.8) is 0 Å². The molecule has 0 spiro atoms. The summed E-state index contributed by atoms with van der Waals surface area (Å²) in [5.41, 5.74) is 1.39. The van der Waals surface area contributed by atoms with Crippen LogP contribution >= 0.6 is 0 Å². The number of ether oxygens (including phenoxy) is 1. The largest absolute Gasteiger partial charge is 0.481 e. The van der Waals surface area contributed by atoms with Gasteiger partial charge >= 0.3 is 5.97 Å². The summed E-state index contributed by atoms with van der Waals surface area (Å²) in [6, 6.07) is 7.54. The normalized spacial score (nSPS) is 23.5. The van der Waals surface area contributed by atoms with Gasteiger partial charge in [-0.2, -0.15) is 0 Å². The van der Waals surface area contributed by atoms with Crippen molar-refractivity contribution in [2.75, 3.05) is 24.7 Å². The lowest BCUT2D eigenvalue weighted by molar-refractivity contribution is -0.139. The molecule has 0 bridgehead atoms. The number of anilines is 1. The van der Waals surface area contributed by atoms with Crippen LogP contribution in [0.25, 0.3) is 0 Å². The summed E-state index contributed by atoms with van der Waals surface area (Å²) in [7, 11) is 0. The maximum absolute atomic E-state index is 12.3. The van der Waals surface area contributed by atoms with E-state index in [1.165, 1.54) is 0 Å². The Hall–Kier alpha value is -1.88. The molecule has 1 aromatic carbocycles. The number of hydrogen-bond donors (Lipinski definition) is 1. The lowest BCUT2D eigenvalue weighted by atomic mass is 9.89. The number of rotatable bonds is 2. The second-order valence-corrected chi connectivity index (χ2v) is 5.27. The fourth-order valence-corrected chi connectivity index (χ4v) is 3.03. The molecule has 2 aliphatic heterocycles. The zero-order valence-electron chi connectivity index (χ0n) is 11.1. The predicted molar refractivity (Wildman–Crippen MR) is 73.1 cm³/mol. The van der Waals surface area contributed by atoms with E-state index in [-0.39, 0.29) is 18.4 Å². The molecule has 1 unspecified atom stereocenters. The van der Waals surface area contributed by atoms with Crippen LogP contribution in [0, 0.1) is 5.92 Å². The molecule has 20 heavy (non-hydrogen) atoms. The van der Waals surface area contributed by atoms with E-state index in [1.807, 2.05) is 12.1 Å². The van der Waals surface area contributed by atoms with E-state index in [0.29, 0.717) is 18.8 Å². The molecule has 0 aliphatic carbocycles. The highest BCUT2D eigenvalue weighted by atomic mass is 16.5. The summed E-state index contributed by atoms with van der Waals surface area (Å²) < 4.78 is 5.36. The zero-order chi connectivity index (χ0) is 14.1. The Morgan fingerprint density at radius 1 is 1.25 bits per heavy atom. The number of carbonyl (C=O) groups is 2. The average Bonchev–Trinajstić information content (AvgIpc) is 2.48. The molecule has 2 heterocycles. The number of aliphatic carboxylic acids is 1. The van der Waals surface area contributed by atoms with Gasteiger partial charge in [-0.3, -0.25) is 9.59 Å². The minimum atomic E-state index is -1.04. The lowest BCUT2D eigenvalue weighted by Gasteiger charge is -2.41. The molecule has 1 atom stereocenters. The van der Waals surface area contributed by atoms with Gasteiger partial charge in [0.2, 0.25) is 0 Å². The first-order valence-corrected chi connectivity index (χ1v) is 6.89. The topological polar surface area (TPSA) is 66.8 Å². The quantitative estimate of drug-likeness (QED) is 0.830. The van der Waals surface area contributed by atoms with Gasteiger partial charge in [0.15, 0.2) is 5.78 Å². The van der Waals surface area contributed by atoms with Crippen molar-refractivity contribution in [2.24, 2.45) is 5.92 Å². The molecule has 5 nitrogen and oxygen atoms in total. The van der Waals surface area contributed by atoms with Crippen LogP contribution in [0.3, 0.4) is 0 Å². The second kappa shape index (κ2) is 5.25. The molecule has 1 aromatic rings. The van der Waals surface area contributed by atoms with Crippen molar-refractivity contribution in [2.45, 2.75) is 18.9 Å². The first-order valence-electron chi connectivity index (χ1n) is 6.89. The standard InChI is InChI=1S/C15H17NO4/c17-14-11-3-1-2-4-13(11)16(9-12(14)15(18)19)10-5-7-20-8-6-10/h1-4,10,12H,5-9H2,(H,18,19). The maximum atomic E-state index is 12.3. The molecular formula is C15H17NO4. The summed E-state index contributed by atoms with van der Waals surface area (Å²) >= 11 is 0. The number of para-hydroxylation sites is 1. The van der Waals surface area contributed by atoms with Crippen molar-refractivity contribution in [3.8, 4) is 0 Å². The molecule has 0 amide bonds. The first kappa shape index (κ1) is 13.1. The Balaban J connectivity index is 1.98. The van der Waals surface area contributed by atoms with Crippen LogP contribution in [0.2, 0.25) is 0 Å². The number of hydrogen-bond acceptors (Lipinski definition) is 4. The summed E-state index contributed by atoms with van der Waals surface area (Å²) in [4.78, 5) is 25.7.